The van der Waals surface area contributed by atoms with Crippen molar-refractivity contribution in [1.29, 1.82) is 0 Å². The van der Waals surface area contributed by atoms with Crippen LogP contribution in [-0.2, 0) is 0 Å². The van der Waals surface area contributed by atoms with Crippen LogP contribution in [0, 0.1) is 5.92 Å². The summed E-state index contributed by atoms with van der Waals surface area (Å²) in [4.78, 5) is 4.47. The zero-order valence-electron chi connectivity index (χ0n) is 8.57. The second-order valence-electron chi connectivity index (χ2n) is 3.63. The average Bonchev–Trinajstić information content (AvgIpc) is 2.15. The SMILES string of the molecule is CC(C)C=N[C@H](C)c1ccccc1. The fraction of sp³-hybridized carbons (Fsp3) is 0.417. The molecule has 0 spiro atoms. The lowest BCUT2D eigenvalue weighted by Crippen LogP contribution is -1.93. The van der Waals surface area contributed by atoms with E-state index in [2.05, 4.69) is 50.0 Å². The Morgan fingerprint density at radius 2 is 1.69 bits per heavy atom. The molecule has 0 aliphatic heterocycles. The predicted octanol–water partition coefficient (Wildman–Crippen LogP) is 3.47. The summed E-state index contributed by atoms with van der Waals surface area (Å²) < 4.78 is 0. The van der Waals surface area contributed by atoms with Gasteiger partial charge >= 0.3 is 0 Å². The summed E-state index contributed by atoms with van der Waals surface area (Å²) >= 11 is 0. The van der Waals surface area contributed by atoms with E-state index < -0.39 is 0 Å². The molecule has 0 amide bonds. The van der Waals surface area contributed by atoms with Crippen LogP contribution >= 0.6 is 0 Å². The minimum absolute atomic E-state index is 0.281. The number of hydrogen-bond acceptors (Lipinski definition) is 1. The molecule has 0 aromatic heterocycles. The molecular formula is C12H17N. The maximum Gasteiger partial charge on any atom is 0.0717 e. The molecule has 0 N–H and O–H groups in total. The summed E-state index contributed by atoms with van der Waals surface area (Å²) in [5.41, 5.74) is 1.28. The van der Waals surface area contributed by atoms with E-state index in [4.69, 9.17) is 0 Å². The molecule has 1 atom stereocenters. The summed E-state index contributed by atoms with van der Waals surface area (Å²) in [5.74, 6) is 0.533. The van der Waals surface area contributed by atoms with Gasteiger partial charge in [-0.3, -0.25) is 4.99 Å². The molecular weight excluding hydrogens is 158 g/mol. The van der Waals surface area contributed by atoms with Crippen molar-refractivity contribution in [3.8, 4) is 0 Å². The second-order valence-corrected chi connectivity index (χ2v) is 3.63. The summed E-state index contributed by atoms with van der Waals surface area (Å²) in [5, 5.41) is 0. The summed E-state index contributed by atoms with van der Waals surface area (Å²) in [6, 6.07) is 10.6. The van der Waals surface area contributed by atoms with Crippen molar-refractivity contribution in [1.82, 2.24) is 0 Å². The first-order valence-corrected chi connectivity index (χ1v) is 4.78. The largest absolute Gasteiger partial charge is 0.289 e. The number of nitrogens with zero attached hydrogens (tertiary/aromatic N) is 1. The van der Waals surface area contributed by atoms with Crippen molar-refractivity contribution in [3.05, 3.63) is 35.9 Å². The molecule has 13 heavy (non-hydrogen) atoms. The number of benzene rings is 1. The first-order valence-electron chi connectivity index (χ1n) is 4.78. The molecule has 1 rings (SSSR count). The van der Waals surface area contributed by atoms with Crippen LogP contribution in [0.2, 0.25) is 0 Å². The van der Waals surface area contributed by atoms with Crippen molar-refractivity contribution in [2.75, 3.05) is 0 Å². The van der Waals surface area contributed by atoms with Gasteiger partial charge in [0.05, 0.1) is 6.04 Å². The fourth-order valence-electron chi connectivity index (χ4n) is 1.12. The second kappa shape index (κ2) is 4.80. The third-order valence-corrected chi connectivity index (χ3v) is 1.89. The van der Waals surface area contributed by atoms with E-state index in [-0.39, 0.29) is 6.04 Å². The van der Waals surface area contributed by atoms with E-state index in [0.29, 0.717) is 5.92 Å². The Kier molecular flexibility index (Phi) is 3.69. The fourth-order valence-corrected chi connectivity index (χ4v) is 1.12. The Morgan fingerprint density at radius 1 is 1.08 bits per heavy atom. The lowest BCUT2D eigenvalue weighted by Gasteiger charge is -2.06. The summed E-state index contributed by atoms with van der Waals surface area (Å²) in [6.07, 6.45) is 2.01. The van der Waals surface area contributed by atoms with Gasteiger partial charge in [-0.2, -0.15) is 0 Å². The average molecular weight is 175 g/mol. The minimum Gasteiger partial charge on any atom is -0.289 e. The topological polar surface area (TPSA) is 12.4 Å². The Bertz CT molecular complexity index is 262. The third-order valence-electron chi connectivity index (χ3n) is 1.89. The quantitative estimate of drug-likeness (QED) is 0.624. The van der Waals surface area contributed by atoms with E-state index in [0.717, 1.165) is 0 Å². The van der Waals surface area contributed by atoms with Gasteiger partial charge in [0, 0.05) is 6.21 Å². The highest BCUT2D eigenvalue weighted by Gasteiger charge is 1.99. The van der Waals surface area contributed by atoms with Gasteiger partial charge in [0.25, 0.3) is 0 Å². The molecule has 1 aromatic rings. The van der Waals surface area contributed by atoms with E-state index >= 15 is 0 Å². The molecule has 1 nitrogen and oxygen atoms in total. The van der Waals surface area contributed by atoms with E-state index in [1.165, 1.54) is 5.56 Å². The molecule has 0 aliphatic rings. The zero-order valence-corrected chi connectivity index (χ0v) is 8.57. The van der Waals surface area contributed by atoms with Gasteiger partial charge in [0.15, 0.2) is 0 Å². The smallest absolute Gasteiger partial charge is 0.0717 e. The van der Waals surface area contributed by atoms with Crippen LogP contribution in [0.1, 0.15) is 32.4 Å². The van der Waals surface area contributed by atoms with Gasteiger partial charge in [-0.05, 0) is 18.4 Å². The van der Waals surface area contributed by atoms with Gasteiger partial charge < -0.3 is 0 Å². The van der Waals surface area contributed by atoms with Gasteiger partial charge in [0.1, 0.15) is 0 Å². The maximum absolute atomic E-state index is 4.47. The molecule has 1 aromatic carbocycles. The first-order chi connectivity index (χ1) is 6.20. The van der Waals surface area contributed by atoms with Crippen molar-refractivity contribution < 1.29 is 0 Å². The van der Waals surface area contributed by atoms with Gasteiger partial charge in [0.2, 0.25) is 0 Å². The van der Waals surface area contributed by atoms with Crippen LogP contribution in [-0.4, -0.2) is 6.21 Å². The van der Waals surface area contributed by atoms with Gasteiger partial charge in [-0.1, -0.05) is 44.2 Å². The molecule has 0 heterocycles. The Labute approximate surface area is 80.5 Å². The van der Waals surface area contributed by atoms with Crippen molar-refractivity contribution in [2.24, 2.45) is 10.9 Å². The summed E-state index contributed by atoms with van der Waals surface area (Å²) in [7, 11) is 0. The highest BCUT2D eigenvalue weighted by molar-refractivity contribution is 5.60. The van der Waals surface area contributed by atoms with E-state index in [1.54, 1.807) is 0 Å². The maximum atomic E-state index is 4.47. The van der Waals surface area contributed by atoms with Gasteiger partial charge in [-0.15, -0.1) is 0 Å². The van der Waals surface area contributed by atoms with Crippen LogP contribution in [0.4, 0.5) is 0 Å². The molecule has 0 saturated carbocycles. The normalized spacial score (nSPS) is 13.8. The standard InChI is InChI=1S/C12H17N/c1-10(2)9-13-11(3)12-7-5-4-6-8-12/h4-11H,1-3H3/t11-/m1/s1. The highest BCUT2D eigenvalue weighted by atomic mass is 14.8. The lowest BCUT2D eigenvalue weighted by atomic mass is 10.1. The Morgan fingerprint density at radius 3 is 2.23 bits per heavy atom. The van der Waals surface area contributed by atoms with Crippen molar-refractivity contribution >= 4 is 6.21 Å². The number of rotatable bonds is 3. The van der Waals surface area contributed by atoms with Crippen LogP contribution in [0.25, 0.3) is 0 Å². The Balaban J connectivity index is 2.64. The zero-order chi connectivity index (χ0) is 9.68. The molecule has 0 saturated heterocycles. The Hall–Kier alpha value is -1.11. The molecule has 1 heteroatoms. The van der Waals surface area contributed by atoms with Crippen LogP contribution in [0.15, 0.2) is 35.3 Å². The third kappa shape index (κ3) is 3.41. The molecule has 0 unspecified atom stereocenters. The molecule has 0 fully saturated rings. The molecule has 0 aliphatic carbocycles. The van der Waals surface area contributed by atoms with Crippen LogP contribution in [0.3, 0.4) is 0 Å². The minimum atomic E-state index is 0.281. The number of hydrogen-bond donors (Lipinski definition) is 0. The molecule has 70 valence electrons. The van der Waals surface area contributed by atoms with Crippen molar-refractivity contribution in [2.45, 2.75) is 26.8 Å². The highest BCUT2D eigenvalue weighted by Crippen LogP contribution is 2.15. The lowest BCUT2D eigenvalue weighted by molar-refractivity contribution is 0.800. The molecule has 0 bridgehead atoms. The van der Waals surface area contributed by atoms with Crippen LogP contribution in [0.5, 0.6) is 0 Å². The number of aliphatic imine (C=N–C) groups is 1. The van der Waals surface area contributed by atoms with E-state index in [1.807, 2.05) is 12.3 Å². The van der Waals surface area contributed by atoms with Crippen molar-refractivity contribution in [3.63, 3.8) is 0 Å². The first kappa shape index (κ1) is 9.97. The van der Waals surface area contributed by atoms with E-state index in [9.17, 15) is 0 Å². The van der Waals surface area contributed by atoms with Gasteiger partial charge in [-0.25, -0.2) is 0 Å². The predicted molar refractivity (Wildman–Crippen MR) is 58.2 cm³/mol. The molecule has 0 radical (unpaired) electrons. The monoisotopic (exact) mass is 175 g/mol. The van der Waals surface area contributed by atoms with Crippen LogP contribution < -0.4 is 0 Å². The summed E-state index contributed by atoms with van der Waals surface area (Å²) in [6.45, 7) is 6.40.